The van der Waals surface area contributed by atoms with Crippen LogP contribution in [0.4, 0.5) is 14.5 Å². The Morgan fingerprint density at radius 2 is 1.85 bits per heavy atom. The van der Waals surface area contributed by atoms with Gasteiger partial charge in [-0.1, -0.05) is 13.3 Å². The van der Waals surface area contributed by atoms with Crippen LogP contribution in [0.15, 0.2) is 12.1 Å². The number of rotatable bonds is 6. The summed E-state index contributed by atoms with van der Waals surface area (Å²) in [5.74, 6) is -3.80. The van der Waals surface area contributed by atoms with E-state index in [1.807, 2.05) is 6.92 Å². The number of carbonyl (C=O) groups excluding carboxylic acids is 2. The molecule has 2 rings (SSSR count). The first-order valence-electron chi connectivity index (χ1n) is 6.49. The normalized spacial score (nSPS) is 14.1. The van der Waals surface area contributed by atoms with Crippen LogP contribution >= 0.6 is 0 Å². The van der Waals surface area contributed by atoms with E-state index in [2.05, 4.69) is 0 Å². The zero-order valence-corrected chi connectivity index (χ0v) is 11.1. The highest BCUT2D eigenvalue weighted by Gasteiger charge is 2.36. The number of benzene rings is 1. The van der Waals surface area contributed by atoms with E-state index in [4.69, 9.17) is 4.74 Å². The molecule has 0 saturated carbocycles. The number of Topliss-reactive ketones (excluding diaryl/α,β-unsaturated/α-hetero) is 1. The molecule has 1 aliphatic heterocycles. The van der Waals surface area contributed by atoms with Gasteiger partial charge in [0.1, 0.15) is 0 Å². The highest BCUT2D eigenvalue weighted by Crippen LogP contribution is 2.30. The third-order valence-electron chi connectivity index (χ3n) is 3.11. The average molecular weight is 283 g/mol. The fourth-order valence-electron chi connectivity index (χ4n) is 2.01. The molecule has 1 aliphatic rings. The highest BCUT2D eigenvalue weighted by molar-refractivity contribution is 6.52. The fraction of sp³-hybridized carbons (Fsp3) is 0.429. The molecule has 1 heterocycles. The lowest BCUT2D eigenvalue weighted by Gasteiger charge is -2.16. The molecule has 4 nitrogen and oxygen atoms in total. The van der Waals surface area contributed by atoms with Crippen LogP contribution in [0, 0.1) is 11.6 Å². The van der Waals surface area contributed by atoms with Crippen molar-refractivity contribution >= 4 is 17.4 Å². The van der Waals surface area contributed by atoms with Crippen LogP contribution in [0.5, 0.6) is 0 Å². The Morgan fingerprint density at radius 3 is 2.55 bits per heavy atom. The number of carbonyl (C=O) groups is 2. The molecule has 0 N–H and O–H groups in total. The maximum atomic E-state index is 13.2. The molecule has 0 aliphatic carbocycles. The molecule has 0 atom stereocenters. The summed E-state index contributed by atoms with van der Waals surface area (Å²) in [7, 11) is 0. The van der Waals surface area contributed by atoms with Crippen molar-refractivity contribution in [2.75, 3.05) is 24.7 Å². The maximum Gasteiger partial charge on any atom is 0.299 e. The number of hydrogen-bond acceptors (Lipinski definition) is 3. The predicted octanol–water partition coefficient (Wildman–Crippen LogP) is 2.31. The van der Waals surface area contributed by atoms with Crippen LogP contribution < -0.4 is 4.90 Å². The number of nitrogens with zero attached hydrogens (tertiary/aromatic N) is 1. The number of ether oxygens (including phenoxy) is 1. The summed E-state index contributed by atoms with van der Waals surface area (Å²) in [4.78, 5) is 24.6. The molecule has 1 aromatic carbocycles. The van der Waals surface area contributed by atoms with Gasteiger partial charge in [-0.15, -0.1) is 0 Å². The Kier molecular flexibility index (Phi) is 4.44. The number of hydrogen-bond donors (Lipinski definition) is 0. The summed E-state index contributed by atoms with van der Waals surface area (Å²) < 4.78 is 31.7. The van der Waals surface area contributed by atoms with E-state index in [1.54, 1.807) is 0 Å². The van der Waals surface area contributed by atoms with E-state index in [0.29, 0.717) is 6.61 Å². The summed E-state index contributed by atoms with van der Waals surface area (Å²) in [6, 6.07) is 1.64. The first kappa shape index (κ1) is 14.6. The molecular formula is C14H15F2NO3. The largest absolute Gasteiger partial charge is 0.380 e. The van der Waals surface area contributed by atoms with E-state index in [0.717, 1.165) is 29.9 Å². The van der Waals surface area contributed by atoms with Crippen molar-refractivity contribution in [1.29, 1.82) is 0 Å². The molecule has 1 amide bonds. The van der Waals surface area contributed by atoms with Crippen molar-refractivity contribution in [1.82, 2.24) is 0 Å². The van der Waals surface area contributed by atoms with Crippen LogP contribution in [-0.2, 0) is 9.53 Å². The summed E-state index contributed by atoms with van der Waals surface area (Å²) in [6.45, 7) is 2.99. The molecule has 0 spiro atoms. The van der Waals surface area contributed by atoms with Crippen LogP contribution in [0.25, 0.3) is 0 Å². The van der Waals surface area contributed by atoms with Crippen molar-refractivity contribution in [3.05, 3.63) is 29.3 Å². The van der Waals surface area contributed by atoms with Crippen LogP contribution in [0.2, 0.25) is 0 Å². The molecule has 0 saturated heterocycles. The number of unbranched alkanes of at least 4 members (excludes halogenated alkanes) is 1. The van der Waals surface area contributed by atoms with E-state index in [9.17, 15) is 18.4 Å². The van der Waals surface area contributed by atoms with Gasteiger partial charge in [0.05, 0.1) is 17.9 Å². The summed E-state index contributed by atoms with van der Waals surface area (Å²) in [5, 5.41) is 0. The van der Waals surface area contributed by atoms with Gasteiger partial charge in [-0.05, 0) is 12.5 Å². The molecule has 0 fully saturated rings. The molecule has 20 heavy (non-hydrogen) atoms. The lowest BCUT2D eigenvalue weighted by Crippen LogP contribution is -2.33. The maximum absolute atomic E-state index is 13.2. The van der Waals surface area contributed by atoms with Crippen LogP contribution in [-0.4, -0.2) is 31.4 Å². The molecule has 6 heteroatoms. The smallest absolute Gasteiger partial charge is 0.299 e. The topological polar surface area (TPSA) is 46.6 Å². The summed E-state index contributed by atoms with van der Waals surface area (Å²) in [6.07, 6.45) is 1.90. The van der Waals surface area contributed by atoms with E-state index < -0.39 is 23.3 Å². The minimum absolute atomic E-state index is 0.0949. The third-order valence-corrected chi connectivity index (χ3v) is 3.11. The third kappa shape index (κ3) is 2.70. The first-order chi connectivity index (χ1) is 9.56. The Hall–Kier alpha value is -1.82. The van der Waals surface area contributed by atoms with Gasteiger partial charge in [0, 0.05) is 19.2 Å². The highest BCUT2D eigenvalue weighted by atomic mass is 19.2. The molecule has 108 valence electrons. The Bertz CT molecular complexity index is 545. The monoisotopic (exact) mass is 283 g/mol. The minimum Gasteiger partial charge on any atom is -0.380 e. The standard InChI is InChI=1S/C14H15F2NO3/c1-2-3-5-20-6-4-17-12-8-11(16)10(15)7-9(12)13(18)14(17)19/h7-8H,2-6H2,1H3. The molecule has 0 unspecified atom stereocenters. The molecule has 0 radical (unpaired) electrons. The number of anilines is 1. The average Bonchev–Trinajstić information content (AvgIpc) is 2.64. The van der Waals surface area contributed by atoms with Crippen molar-refractivity contribution in [3.63, 3.8) is 0 Å². The minimum atomic E-state index is -1.13. The summed E-state index contributed by atoms with van der Waals surface area (Å²) >= 11 is 0. The van der Waals surface area contributed by atoms with Gasteiger partial charge in [-0.3, -0.25) is 9.59 Å². The van der Waals surface area contributed by atoms with Gasteiger partial charge in [-0.25, -0.2) is 8.78 Å². The van der Waals surface area contributed by atoms with E-state index >= 15 is 0 Å². The van der Waals surface area contributed by atoms with Crippen LogP contribution in [0.1, 0.15) is 30.1 Å². The van der Waals surface area contributed by atoms with Crippen molar-refractivity contribution < 1.29 is 23.1 Å². The second-order valence-electron chi connectivity index (χ2n) is 4.54. The van der Waals surface area contributed by atoms with Crippen LogP contribution in [0.3, 0.4) is 0 Å². The Balaban J connectivity index is 2.10. The van der Waals surface area contributed by atoms with Crippen molar-refractivity contribution in [3.8, 4) is 0 Å². The Morgan fingerprint density at radius 1 is 1.15 bits per heavy atom. The van der Waals surface area contributed by atoms with Gasteiger partial charge in [0.2, 0.25) is 0 Å². The zero-order chi connectivity index (χ0) is 14.7. The Labute approximate surface area is 115 Å². The molecular weight excluding hydrogens is 268 g/mol. The first-order valence-corrected chi connectivity index (χ1v) is 6.49. The number of ketones is 1. The van der Waals surface area contributed by atoms with Gasteiger partial charge in [0.25, 0.3) is 11.7 Å². The van der Waals surface area contributed by atoms with Crippen molar-refractivity contribution in [2.45, 2.75) is 19.8 Å². The van der Waals surface area contributed by atoms with Crippen molar-refractivity contribution in [2.24, 2.45) is 0 Å². The van der Waals surface area contributed by atoms with Gasteiger partial charge >= 0.3 is 0 Å². The van der Waals surface area contributed by atoms with E-state index in [-0.39, 0.29) is 24.4 Å². The van der Waals surface area contributed by atoms with Gasteiger partial charge < -0.3 is 9.64 Å². The lowest BCUT2D eigenvalue weighted by molar-refractivity contribution is -0.114. The lowest BCUT2D eigenvalue weighted by atomic mass is 10.1. The number of halogens is 2. The second kappa shape index (κ2) is 6.09. The number of amides is 1. The SMILES string of the molecule is CCCCOCCN1C(=O)C(=O)c2cc(F)c(F)cc21. The second-order valence-corrected chi connectivity index (χ2v) is 4.54. The zero-order valence-electron chi connectivity index (χ0n) is 11.1. The number of fused-ring (bicyclic) bond motifs is 1. The molecule has 0 bridgehead atoms. The molecule has 0 aromatic heterocycles. The quantitative estimate of drug-likeness (QED) is 0.594. The summed E-state index contributed by atoms with van der Waals surface area (Å²) in [5.41, 5.74) is 0.0143. The molecule has 1 aromatic rings. The fourth-order valence-corrected chi connectivity index (χ4v) is 2.01. The van der Waals surface area contributed by atoms with Gasteiger partial charge in [-0.2, -0.15) is 0 Å². The van der Waals surface area contributed by atoms with E-state index in [1.165, 1.54) is 0 Å². The predicted molar refractivity (Wildman–Crippen MR) is 68.8 cm³/mol. The van der Waals surface area contributed by atoms with Gasteiger partial charge in [0.15, 0.2) is 11.6 Å².